The number of amides is 1. The van der Waals surface area contributed by atoms with Crippen molar-refractivity contribution in [1.29, 1.82) is 0 Å². The highest BCUT2D eigenvalue weighted by Gasteiger charge is 2.18. The monoisotopic (exact) mass is 264 g/mol. The highest BCUT2D eigenvalue weighted by molar-refractivity contribution is 6.04. The summed E-state index contributed by atoms with van der Waals surface area (Å²) in [5.74, 6) is 1.42. The molecular weight excluding hydrogens is 248 g/mol. The number of methoxy groups -OCH3 is 1. The van der Waals surface area contributed by atoms with Crippen LogP contribution in [0.15, 0.2) is 23.4 Å². The van der Waals surface area contributed by atoms with Gasteiger partial charge in [-0.05, 0) is 25.1 Å². The molecule has 2 rings (SSSR count). The Morgan fingerprint density at radius 1 is 1.53 bits per heavy atom. The van der Waals surface area contributed by atoms with Crippen LogP contribution in [0.5, 0.6) is 11.5 Å². The molecule has 0 aromatic heterocycles. The molecule has 0 saturated carbocycles. The third kappa shape index (κ3) is 3.15. The Balaban J connectivity index is 2.20. The molecule has 1 heterocycles. The zero-order valence-corrected chi connectivity index (χ0v) is 10.9. The van der Waals surface area contributed by atoms with Crippen LogP contribution in [0.25, 0.3) is 0 Å². The van der Waals surface area contributed by atoms with E-state index in [1.54, 1.807) is 7.11 Å². The number of rotatable bonds is 3. The topological polar surface area (TPSA) is 69.2 Å². The molecule has 6 heteroatoms. The molecule has 1 aromatic carbocycles. The predicted octanol–water partition coefficient (Wildman–Crippen LogP) is 1.93. The maximum Gasteiger partial charge on any atom is 0.433 e. The Kier molecular flexibility index (Phi) is 4.22. The third-order valence-corrected chi connectivity index (χ3v) is 2.65. The summed E-state index contributed by atoms with van der Waals surface area (Å²) in [5.41, 5.74) is 1.46. The minimum absolute atomic E-state index is 0.497. The number of ether oxygens (including phenoxy) is 2. The van der Waals surface area contributed by atoms with Crippen molar-refractivity contribution in [3.05, 3.63) is 23.8 Å². The molecule has 19 heavy (non-hydrogen) atoms. The fourth-order valence-corrected chi connectivity index (χ4v) is 1.75. The first kappa shape index (κ1) is 13.2. The molecule has 1 aliphatic rings. The summed E-state index contributed by atoms with van der Waals surface area (Å²) >= 11 is 0. The Hall–Kier alpha value is -2.24. The minimum atomic E-state index is -0.564. The first-order valence-electron chi connectivity index (χ1n) is 6.07. The highest BCUT2D eigenvalue weighted by Crippen LogP contribution is 2.29. The molecule has 0 saturated heterocycles. The van der Waals surface area contributed by atoms with Crippen LogP contribution in [0.3, 0.4) is 0 Å². The van der Waals surface area contributed by atoms with Crippen LogP contribution < -0.4 is 14.8 Å². The van der Waals surface area contributed by atoms with Crippen molar-refractivity contribution < 1.29 is 19.1 Å². The molecule has 102 valence electrons. The number of carbonyl (C=O) groups is 1. The quantitative estimate of drug-likeness (QED) is 0.669. The summed E-state index contributed by atoms with van der Waals surface area (Å²) in [4.78, 5) is 16.0. The molecule has 0 aliphatic carbocycles. The zero-order valence-electron chi connectivity index (χ0n) is 10.9. The van der Waals surface area contributed by atoms with Gasteiger partial charge in [-0.25, -0.2) is 4.79 Å². The van der Waals surface area contributed by atoms with Crippen molar-refractivity contribution in [1.82, 2.24) is 5.32 Å². The summed E-state index contributed by atoms with van der Waals surface area (Å²) in [6, 6.07) is 5.44. The van der Waals surface area contributed by atoms with Crippen molar-refractivity contribution in [2.45, 2.75) is 13.3 Å². The lowest BCUT2D eigenvalue weighted by Crippen LogP contribution is -2.23. The van der Waals surface area contributed by atoms with Crippen LogP contribution in [0, 0.1) is 0 Å². The van der Waals surface area contributed by atoms with E-state index in [2.05, 4.69) is 10.5 Å². The first-order chi connectivity index (χ1) is 9.24. The normalized spacial score (nSPS) is 15.4. The Morgan fingerprint density at radius 3 is 3.11 bits per heavy atom. The molecule has 0 bridgehead atoms. The van der Waals surface area contributed by atoms with Crippen molar-refractivity contribution in [2.24, 2.45) is 5.16 Å². The van der Waals surface area contributed by atoms with E-state index in [4.69, 9.17) is 14.3 Å². The Morgan fingerprint density at radius 2 is 2.37 bits per heavy atom. The second-order valence-electron chi connectivity index (χ2n) is 3.91. The van der Waals surface area contributed by atoms with Gasteiger partial charge in [-0.2, -0.15) is 0 Å². The van der Waals surface area contributed by atoms with Crippen molar-refractivity contribution >= 4 is 11.8 Å². The predicted molar refractivity (Wildman–Crippen MR) is 69.8 cm³/mol. The fraction of sp³-hybridized carbons (Fsp3) is 0.385. The summed E-state index contributed by atoms with van der Waals surface area (Å²) < 4.78 is 10.7. The van der Waals surface area contributed by atoms with E-state index in [-0.39, 0.29) is 0 Å². The average molecular weight is 264 g/mol. The molecule has 0 radical (unpaired) electrons. The van der Waals surface area contributed by atoms with Crippen LogP contribution in [0.2, 0.25) is 0 Å². The molecule has 1 aliphatic heterocycles. The fourth-order valence-electron chi connectivity index (χ4n) is 1.75. The molecule has 0 fully saturated rings. The number of nitrogens with zero attached hydrogens (tertiary/aromatic N) is 1. The number of nitrogens with one attached hydrogen (secondary N) is 1. The van der Waals surface area contributed by atoms with Crippen LogP contribution in [0.1, 0.15) is 18.9 Å². The molecule has 1 N–H and O–H groups in total. The lowest BCUT2D eigenvalue weighted by Gasteiger charge is -2.19. The van der Waals surface area contributed by atoms with Crippen LogP contribution in [-0.2, 0) is 4.84 Å². The van der Waals surface area contributed by atoms with E-state index in [0.717, 1.165) is 5.56 Å². The van der Waals surface area contributed by atoms with Gasteiger partial charge in [0.2, 0.25) is 0 Å². The van der Waals surface area contributed by atoms with Gasteiger partial charge in [0.1, 0.15) is 11.5 Å². The zero-order chi connectivity index (χ0) is 13.7. The molecule has 0 unspecified atom stereocenters. The lowest BCUT2D eigenvalue weighted by atomic mass is 10.0. The lowest BCUT2D eigenvalue weighted by molar-refractivity contribution is 0.150. The minimum Gasteiger partial charge on any atom is -0.497 e. The SMILES string of the molecule is CCNC(=O)ON=C1CCOc2ccc(OC)cc21. The van der Waals surface area contributed by atoms with E-state index in [1.165, 1.54) is 0 Å². The largest absolute Gasteiger partial charge is 0.497 e. The van der Waals surface area contributed by atoms with Gasteiger partial charge in [-0.3, -0.25) is 4.84 Å². The molecule has 0 atom stereocenters. The van der Waals surface area contributed by atoms with E-state index < -0.39 is 6.09 Å². The molecule has 0 spiro atoms. The Bertz CT molecular complexity index is 499. The third-order valence-electron chi connectivity index (χ3n) is 2.65. The van der Waals surface area contributed by atoms with E-state index >= 15 is 0 Å². The summed E-state index contributed by atoms with van der Waals surface area (Å²) in [6.07, 6.45) is 0.0190. The number of benzene rings is 1. The van der Waals surface area contributed by atoms with E-state index in [0.29, 0.717) is 36.8 Å². The maximum atomic E-state index is 11.2. The number of carbonyl (C=O) groups excluding carboxylic acids is 1. The van der Waals surface area contributed by atoms with Gasteiger partial charge < -0.3 is 14.8 Å². The van der Waals surface area contributed by atoms with Crippen molar-refractivity contribution in [2.75, 3.05) is 20.3 Å². The van der Waals surface area contributed by atoms with Crippen molar-refractivity contribution in [3.8, 4) is 11.5 Å². The molecular formula is C13H16N2O4. The summed E-state index contributed by atoms with van der Waals surface area (Å²) in [6.45, 7) is 2.82. The van der Waals surface area contributed by atoms with Gasteiger partial charge in [0.15, 0.2) is 0 Å². The highest BCUT2D eigenvalue weighted by atomic mass is 16.7. The number of fused-ring (bicyclic) bond motifs is 1. The second-order valence-corrected chi connectivity index (χ2v) is 3.91. The Labute approximate surface area is 111 Å². The van der Waals surface area contributed by atoms with Gasteiger partial charge in [0.25, 0.3) is 0 Å². The maximum absolute atomic E-state index is 11.2. The number of hydrogen-bond donors (Lipinski definition) is 1. The van der Waals surface area contributed by atoms with E-state index in [9.17, 15) is 4.79 Å². The van der Waals surface area contributed by atoms with Crippen molar-refractivity contribution in [3.63, 3.8) is 0 Å². The van der Waals surface area contributed by atoms with Crippen LogP contribution in [0.4, 0.5) is 4.79 Å². The van der Waals surface area contributed by atoms with Crippen LogP contribution >= 0.6 is 0 Å². The van der Waals surface area contributed by atoms with Gasteiger partial charge in [0.05, 0.1) is 19.4 Å². The first-order valence-corrected chi connectivity index (χ1v) is 6.07. The van der Waals surface area contributed by atoms with E-state index in [1.807, 2.05) is 25.1 Å². The molecule has 6 nitrogen and oxygen atoms in total. The van der Waals surface area contributed by atoms with Gasteiger partial charge in [-0.1, -0.05) is 5.16 Å². The smallest absolute Gasteiger partial charge is 0.433 e. The standard InChI is InChI=1S/C13H16N2O4/c1-3-14-13(16)19-15-11-6-7-18-12-5-4-9(17-2)8-10(11)12/h4-5,8H,3,6-7H2,1-2H3,(H,14,16). The van der Waals surface area contributed by atoms with Gasteiger partial charge >= 0.3 is 6.09 Å². The number of oxime groups is 1. The molecule has 1 amide bonds. The molecule has 1 aromatic rings. The average Bonchev–Trinajstić information content (AvgIpc) is 2.44. The van der Waals surface area contributed by atoms with Gasteiger partial charge in [0, 0.05) is 18.5 Å². The summed E-state index contributed by atoms with van der Waals surface area (Å²) in [7, 11) is 1.59. The van der Waals surface area contributed by atoms with Gasteiger partial charge in [-0.15, -0.1) is 0 Å². The number of hydrogen-bond acceptors (Lipinski definition) is 5. The summed E-state index contributed by atoms with van der Waals surface area (Å²) in [5, 5.41) is 6.39. The second kappa shape index (κ2) is 6.08. The van der Waals surface area contributed by atoms with Crippen LogP contribution in [-0.4, -0.2) is 32.1 Å².